The van der Waals surface area contributed by atoms with E-state index >= 15 is 0 Å². The number of hydrogen-bond acceptors (Lipinski definition) is 8. The Hall–Kier alpha value is -4.73. The van der Waals surface area contributed by atoms with Gasteiger partial charge in [0.2, 0.25) is 0 Å². The minimum atomic E-state index is -1.20. The predicted molar refractivity (Wildman–Crippen MR) is 174 cm³/mol. The molecule has 46 heavy (non-hydrogen) atoms. The van der Waals surface area contributed by atoms with Gasteiger partial charge in [0.1, 0.15) is 30.3 Å². The van der Waals surface area contributed by atoms with Crippen LogP contribution in [0.5, 0.6) is 23.0 Å². The molecule has 1 heterocycles. The molecular weight excluding hydrogens is 610 g/mol. The van der Waals surface area contributed by atoms with Crippen LogP contribution in [0.4, 0.5) is 5.69 Å². The van der Waals surface area contributed by atoms with Crippen molar-refractivity contribution in [2.45, 2.75) is 38.7 Å². The van der Waals surface area contributed by atoms with Crippen molar-refractivity contribution in [1.82, 2.24) is 0 Å². The molecule has 0 radical (unpaired) electrons. The van der Waals surface area contributed by atoms with Gasteiger partial charge in [-0.25, -0.2) is 0 Å². The standard InChI is InChI=1S/C36H36ClNO8/c1-5-44-33(39)20-32-36(40)38(21-24-14-16-26(41-2)19-31(24)42-3)29-17-15-25(37)18-28(29)34(46-32)27-12-9-13-30(35(27)43-4)45-22-23-10-7-6-8-11-23/h6-19,32,34H,5,20-22H2,1-4H3. The van der Waals surface area contributed by atoms with Crippen molar-refractivity contribution in [2.75, 3.05) is 32.8 Å². The molecule has 2 unspecified atom stereocenters. The van der Waals surface area contributed by atoms with E-state index in [-0.39, 0.29) is 19.6 Å². The molecule has 9 nitrogen and oxygen atoms in total. The summed E-state index contributed by atoms with van der Waals surface area (Å²) in [6.07, 6.45) is -2.36. The molecule has 0 bridgehead atoms. The molecule has 1 aliphatic rings. The minimum Gasteiger partial charge on any atom is -0.497 e. The predicted octanol–water partition coefficient (Wildman–Crippen LogP) is 6.92. The van der Waals surface area contributed by atoms with Gasteiger partial charge in [-0.1, -0.05) is 54.1 Å². The fraction of sp³-hybridized carbons (Fsp3) is 0.278. The molecule has 10 heteroatoms. The number of para-hydroxylation sites is 1. The van der Waals surface area contributed by atoms with E-state index in [1.807, 2.05) is 54.6 Å². The Kier molecular flexibility index (Phi) is 10.7. The number of ether oxygens (including phenoxy) is 6. The summed E-state index contributed by atoms with van der Waals surface area (Å²) in [4.78, 5) is 28.7. The third-order valence-corrected chi connectivity index (χ3v) is 7.85. The molecule has 240 valence electrons. The summed E-state index contributed by atoms with van der Waals surface area (Å²) in [5.74, 6) is 1.09. The van der Waals surface area contributed by atoms with Gasteiger partial charge in [-0.05, 0) is 48.9 Å². The summed E-state index contributed by atoms with van der Waals surface area (Å²) in [5.41, 5.74) is 3.48. The summed E-state index contributed by atoms with van der Waals surface area (Å²) in [6.45, 7) is 2.31. The number of carbonyl (C=O) groups is 2. The van der Waals surface area contributed by atoms with Gasteiger partial charge in [0.25, 0.3) is 5.91 Å². The van der Waals surface area contributed by atoms with Gasteiger partial charge in [-0.2, -0.15) is 0 Å². The molecule has 0 saturated heterocycles. The first kappa shape index (κ1) is 32.7. The molecule has 0 fully saturated rings. The molecule has 0 aliphatic carbocycles. The Morgan fingerprint density at radius 1 is 0.870 bits per heavy atom. The Bertz CT molecular complexity index is 1680. The third-order valence-electron chi connectivity index (χ3n) is 7.62. The first-order valence-electron chi connectivity index (χ1n) is 14.8. The van der Waals surface area contributed by atoms with Crippen LogP contribution in [0.3, 0.4) is 0 Å². The van der Waals surface area contributed by atoms with E-state index < -0.39 is 24.1 Å². The largest absolute Gasteiger partial charge is 0.497 e. The second kappa shape index (κ2) is 15.0. The van der Waals surface area contributed by atoms with Crippen LogP contribution >= 0.6 is 11.6 Å². The van der Waals surface area contributed by atoms with E-state index in [0.717, 1.165) is 11.1 Å². The van der Waals surface area contributed by atoms with E-state index in [4.69, 9.17) is 40.0 Å². The monoisotopic (exact) mass is 645 g/mol. The first-order valence-corrected chi connectivity index (χ1v) is 15.2. The van der Waals surface area contributed by atoms with Gasteiger partial charge in [0.05, 0.1) is 46.6 Å². The number of esters is 1. The van der Waals surface area contributed by atoms with E-state index in [2.05, 4.69) is 0 Å². The molecule has 5 rings (SSSR count). The van der Waals surface area contributed by atoms with E-state index in [1.54, 1.807) is 63.5 Å². The molecule has 0 N–H and O–H groups in total. The molecule has 0 saturated carbocycles. The SMILES string of the molecule is CCOC(=O)CC1OC(c2cccc(OCc3ccccc3)c2OC)c2cc(Cl)ccc2N(Cc2ccc(OC)cc2OC)C1=O. The zero-order chi connectivity index (χ0) is 32.6. The zero-order valence-corrected chi connectivity index (χ0v) is 26.9. The van der Waals surface area contributed by atoms with Gasteiger partial charge in [-0.15, -0.1) is 0 Å². The number of carbonyl (C=O) groups excluding carboxylic acids is 2. The van der Waals surface area contributed by atoms with Crippen LogP contribution in [0.2, 0.25) is 5.02 Å². The normalized spacial score (nSPS) is 15.8. The molecule has 0 aromatic heterocycles. The second-order valence-electron chi connectivity index (χ2n) is 10.5. The van der Waals surface area contributed by atoms with Crippen molar-refractivity contribution in [3.05, 3.63) is 112 Å². The smallest absolute Gasteiger partial charge is 0.308 e. The van der Waals surface area contributed by atoms with Crippen LogP contribution in [0.15, 0.2) is 84.9 Å². The van der Waals surface area contributed by atoms with Crippen molar-refractivity contribution < 1.29 is 38.0 Å². The highest BCUT2D eigenvalue weighted by Crippen LogP contribution is 2.46. The average molecular weight is 646 g/mol. The summed E-state index contributed by atoms with van der Waals surface area (Å²) >= 11 is 6.57. The lowest BCUT2D eigenvalue weighted by molar-refractivity contribution is -0.151. The van der Waals surface area contributed by atoms with E-state index in [0.29, 0.717) is 51.4 Å². The first-order chi connectivity index (χ1) is 22.4. The van der Waals surface area contributed by atoms with Crippen LogP contribution < -0.4 is 23.8 Å². The molecular formula is C36H36ClNO8. The lowest BCUT2D eigenvalue weighted by Gasteiger charge is -2.26. The average Bonchev–Trinajstić information content (AvgIpc) is 3.18. The summed E-state index contributed by atoms with van der Waals surface area (Å²) in [7, 11) is 4.67. The highest BCUT2D eigenvalue weighted by atomic mass is 35.5. The van der Waals surface area contributed by atoms with Crippen molar-refractivity contribution in [3.63, 3.8) is 0 Å². The number of nitrogens with zero attached hydrogens (tertiary/aromatic N) is 1. The van der Waals surface area contributed by atoms with E-state index in [1.165, 1.54) is 0 Å². The number of benzene rings is 4. The Labute approximate surface area is 273 Å². The van der Waals surface area contributed by atoms with Gasteiger partial charge in [-0.3, -0.25) is 9.59 Å². The summed E-state index contributed by atoms with van der Waals surface area (Å²) in [6, 6.07) is 25.9. The fourth-order valence-corrected chi connectivity index (χ4v) is 5.62. The number of anilines is 1. The zero-order valence-electron chi connectivity index (χ0n) is 26.2. The number of fused-ring (bicyclic) bond motifs is 1. The lowest BCUT2D eigenvalue weighted by atomic mass is 9.97. The molecule has 0 spiro atoms. The Balaban J connectivity index is 1.62. The molecule has 1 amide bonds. The Morgan fingerprint density at radius 2 is 1.67 bits per heavy atom. The summed E-state index contributed by atoms with van der Waals surface area (Å²) in [5, 5.41) is 0.445. The minimum absolute atomic E-state index is 0.118. The number of methoxy groups -OCH3 is 3. The van der Waals surface area contributed by atoms with Crippen molar-refractivity contribution >= 4 is 29.2 Å². The number of halogens is 1. The third kappa shape index (κ3) is 7.22. The van der Waals surface area contributed by atoms with Crippen molar-refractivity contribution in [1.29, 1.82) is 0 Å². The molecule has 2 atom stereocenters. The van der Waals surface area contributed by atoms with Crippen LogP contribution in [0.25, 0.3) is 0 Å². The van der Waals surface area contributed by atoms with Crippen LogP contribution in [0.1, 0.15) is 41.7 Å². The topological polar surface area (TPSA) is 92.8 Å². The van der Waals surface area contributed by atoms with Crippen LogP contribution in [0, 0.1) is 0 Å². The fourth-order valence-electron chi connectivity index (χ4n) is 5.44. The van der Waals surface area contributed by atoms with Crippen molar-refractivity contribution in [3.8, 4) is 23.0 Å². The molecule has 4 aromatic carbocycles. The molecule has 1 aliphatic heterocycles. The molecule has 4 aromatic rings. The van der Waals surface area contributed by atoms with Gasteiger partial charge >= 0.3 is 5.97 Å². The maximum atomic E-state index is 14.4. The van der Waals surface area contributed by atoms with E-state index in [9.17, 15) is 9.59 Å². The maximum Gasteiger partial charge on any atom is 0.308 e. The van der Waals surface area contributed by atoms with Crippen LogP contribution in [-0.4, -0.2) is 45.9 Å². The van der Waals surface area contributed by atoms with Gasteiger partial charge < -0.3 is 33.3 Å². The highest BCUT2D eigenvalue weighted by molar-refractivity contribution is 6.30. The quantitative estimate of drug-likeness (QED) is 0.153. The maximum absolute atomic E-state index is 14.4. The second-order valence-corrected chi connectivity index (χ2v) is 10.9. The van der Waals surface area contributed by atoms with Crippen molar-refractivity contribution in [2.24, 2.45) is 0 Å². The summed E-state index contributed by atoms with van der Waals surface area (Å²) < 4.78 is 34.9. The number of hydrogen-bond donors (Lipinski definition) is 0. The van der Waals surface area contributed by atoms with Gasteiger partial charge in [0, 0.05) is 27.8 Å². The highest BCUT2D eigenvalue weighted by Gasteiger charge is 2.39. The lowest BCUT2D eigenvalue weighted by Crippen LogP contribution is -2.40. The Morgan fingerprint density at radius 3 is 2.39 bits per heavy atom. The van der Waals surface area contributed by atoms with Crippen LogP contribution in [-0.2, 0) is 32.2 Å². The van der Waals surface area contributed by atoms with Gasteiger partial charge in [0.15, 0.2) is 11.5 Å². The number of amides is 1. The number of rotatable bonds is 12.